The van der Waals surface area contributed by atoms with E-state index in [-0.39, 0.29) is 36.3 Å². The number of thioether (sulfide) groups is 1. The van der Waals surface area contributed by atoms with E-state index in [0.717, 1.165) is 25.8 Å². The Labute approximate surface area is 230 Å². The third kappa shape index (κ3) is 7.01. The van der Waals surface area contributed by atoms with Crippen molar-refractivity contribution in [2.24, 2.45) is 0 Å². The number of amides is 2. The Balaban J connectivity index is 1.45. The van der Waals surface area contributed by atoms with Crippen LogP contribution >= 0.6 is 34.4 Å². The summed E-state index contributed by atoms with van der Waals surface area (Å²) < 4.78 is 44.2. The number of nitrogens with zero attached hydrogens (tertiary/aromatic N) is 1. The second kappa shape index (κ2) is 12.4. The van der Waals surface area contributed by atoms with Gasteiger partial charge in [0.1, 0.15) is 30.6 Å². The number of carbonyl (C=O) groups is 2. The quantitative estimate of drug-likeness (QED) is 0.183. The minimum Gasteiger partial charge on any atom is -0.492 e. The van der Waals surface area contributed by atoms with Gasteiger partial charge in [-0.1, -0.05) is 12.1 Å². The molecule has 37 heavy (non-hydrogen) atoms. The smallest absolute Gasteiger partial charge is 0.293 e. The van der Waals surface area contributed by atoms with Crippen LogP contribution in [0, 0.1) is 15.2 Å². The van der Waals surface area contributed by atoms with E-state index in [2.05, 4.69) is 22.6 Å². The minimum atomic E-state index is -0.415. The summed E-state index contributed by atoms with van der Waals surface area (Å²) in [5, 5.41) is -0.391. The van der Waals surface area contributed by atoms with Crippen LogP contribution in [0.5, 0.6) is 17.2 Å². The van der Waals surface area contributed by atoms with Gasteiger partial charge in [0, 0.05) is 0 Å². The second-order valence-electron chi connectivity index (χ2n) is 7.81. The molecule has 1 heterocycles. The molecule has 4 rings (SSSR count). The van der Waals surface area contributed by atoms with Crippen molar-refractivity contribution in [2.45, 2.75) is 13.5 Å². The molecule has 10 heteroatoms. The van der Waals surface area contributed by atoms with Crippen LogP contribution in [0.4, 0.5) is 13.6 Å². The molecular weight excluding hydrogens is 615 g/mol. The lowest BCUT2D eigenvalue weighted by atomic mass is 10.1. The fourth-order valence-corrected chi connectivity index (χ4v) is 5.09. The predicted octanol–water partition coefficient (Wildman–Crippen LogP) is 6.66. The maximum atomic E-state index is 13.2. The Morgan fingerprint density at radius 1 is 0.946 bits per heavy atom. The van der Waals surface area contributed by atoms with Crippen molar-refractivity contribution < 1.29 is 32.6 Å². The number of benzene rings is 3. The van der Waals surface area contributed by atoms with Gasteiger partial charge in [-0.2, -0.15) is 0 Å². The van der Waals surface area contributed by atoms with Crippen LogP contribution in [-0.2, 0) is 11.4 Å². The molecule has 192 valence electrons. The van der Waals surface area contributed by atoms with Crippen molar-refractivity contribution in [1.82, 2.24) is 4.90 Å². The van der Waals surface area contributed by atoms with Gasteiger partial charge in [-0.15, -0.1) is 0 Å². The molecule has 0 unspecified atom stereocenters. The van der Waals surface area contributed by atoms with Crippen LogP contribution in [0.15, 0.2) is 65.6 Å². The van der Waals surface area contributed by atoms with E-state index >= 15 is 0 Å². The average molecular weight is 637 g/mol. The van der Waals surface area contributed by atoms with Crippen molar-refractivity contribution in [3.05, 3.63) is 91.9 Å². The Kier molecular flexibility index (Phi) is 9.04. The normalized spacial score (nSPS) is 14.4. The van der Waals surface area contributed by atoms with E-state index in [0.29, 0.717) is 29.4 Å². The Bertz CT molecular complexity index is 1320. The van der Waals surface area contributed by atoms with Crippen LogP contribution in [0.3, 0.4) is 0 Å². The topological polar surface area (TPSA) is 65.1 Å². The van der Waals surface area contributed by atoms with Gasteiger partial charge in [0.05, 0.1) is 21.6 Å². The number of hydrogen-bond acceptors (Lipinski definition) is 6. The van der Waals surface area contributed by atoms with Crippen molar-refractivity contribution in [2.75, 3.05) is 19.8 Å². The molecule has 0 atom stereocenters. The molecular formula is C27H22F2INO5S. The van der Waals surface area contributed by atoms with Crippen molar-refractivity contribution in [1.29, 1.82) is 0 Å². The second-order valence-corrected chi connectivity index (χ2v) is 9.97. The van der Waals surface area contributed by atoms with E-state index in [1.165, 1.54) is 36.4 Å². The summed E-state index contributed by atoms with van der Waals surface area (Å²) in [5.74, 6) is 0.371. The first-order chi connectivity index (χ1) is 17.8. The molecule has 0 saturated carbocycles. The molecule has 2 amide bonds. The van der Waals surface area contributed by atoms with Crippen LogP contribution in [0.25, 0.3) is 6.08 Å². The van der Waals surface area contributed by atoms with Gasteiger partial charge in [-0.25, -0.2) is 8.78 Å². The molecule has 0 aromatic heterocycles. The Morgan fingerprint density at radius 3 is 2.30 bits per heavy atom. The zero-order chi connectivity index (χ0) is 26.4. The molecule has 0 radical (unpaired) electrons. The SMILES string of the molecule is CCOc1cc(/C=C2\SC(=O)N(CCOc3ccc(F)cc3)C2=O)cc(I)c1OCc1ccc(F)cc1. The lowest BCUT2D eigenvalue weighted by Gasteiger charge is -2.15. The van der Waals surface area contributed by atoms with Gasteiger partial charge in [0.15, 0.2) is 11.5 Å². The molecule has 3 aromatic carbocycles. The highest BCUT2D eigenvalue weighted by Gasteiger charge is 2.35. The number of halogens is 3. The van der Waals surface area contributed by atoms with Crippen LogP contribution in [-0.4, -0.2) is 35.8 Å². The lowest BCUT2D eigenvalue weighted by Crippen LogP contribution is -2.32. The maximum absolute atomic E-state index is 13.2. The number of carbonyl (C=O) groups excluding carboxylic acids is 2. The largest absolute Gasteiger partial charge is 0.492 e. The van der Waals surface area contributed by atoms with Crippen molar-refractivity contribution >= 4 is 51.6 Å². The zero-order valence-corrected chi connectivity index (χ0v) is 22.7. The highest BCUT2D eigenvalue weighted by molar-refractivity contribution is 14.1. The highest BCUT2D eigenvalue weighted by Crippen LogP contribution is 2.38. The summed E-state index contributed by atoms with van der Waals surface area (Å²) in [6, 6.07) is 15.1. The van der Waals surface area contributed by atoms with Crippen molar-refractivity contribution in [3.8, 4) is 17.2 Å². The standard InChI is InChI=1S/C27H22F2INO5S/c1-2-34-23-14-18(13-22(30)25(23)36-16-17-3-5-19(28)6-4-17)15-24-26(32)31(27(33)37-24)11-12-35-21-9-7-20(29)8-10-21/h3-10,13-15H,2,11-12,16H2,1H3/b24-15-. The lowest BCUT2D eigenvalue weighted by molar-refractivity contribution is -0.123. The number of rotatable bonds is 10. The van der Waals surface area contributed by atoms with Gasteiger partial charge >= 0.3 is 0 Å². The Morgan fingerprint density at radius 2 is 1.62 bits per heavy atom. The van der Waals surface area contributed by atoms with E-state index in [9.17, 15) is 18.4 Å². The summed E-state index contributed by atoms with van der Waals surface area (Å²) in [6.45, 7) is 2.63. The van der Waals surface area contributed by atoms with Gasteiger partial charge in [0.25, 0.3) is 11.1 Å². The number of imide groups is 1. The summed E-state index contributed by atoms with van der Waals surface area (Å²) in [5.41, 5.74) is 1.48. The van der Waals surface area contributed by atoms with Gasteiger partial charge < -0.3 is 14.2 Å². The molecule has 1 fully saturated rings. The third-order valence-corrected chi connectivity index (χ3v) is 6.91. The summed E-state index contributed by atoms with van der Waals surface area (Å²) in [6.07, 6.45) is 1.64. The maximum Gasteiger partial charge on any atom is 0.293 e. The highest BCUT2D eigenvalue weighted by atomic mass is 127. The number of ether oxygens (including phenoxy) is 3. The molecule has 1 saturated heterocycles. The summed E-state index contributed by atoms with van der Waals surface area (Å²) in [4.78, 5) is 26.7. The molecule has 0 N–H and O–H groups in total. The van der Waals surface area contributed by atoms with Gasteiger partial charge in [-0.3, -0.25) is 14.5 Å². The predicted molar refractivity (Wildman–Crippen MR) is 146 cm³/mol. The van der Waals surface area contributed by atoms with E-state index in [1.807, 2.05) is 13.0 Å². The molecule has 1 aliphatic heterocycles. The molecule has 0 aliphatic carbocycles. The summed E-state index contributed by atoms with van der Waals surface area (Å²) in [7, 11) is 0. The van der Waals surface area contributed by atoms with Gasteiger partial charge in [0.2, 0.25) is 0 Å². The average Bonchev–Trinajstić information content (AvgIpc) is 3.13. The Hall–Kier alpha value is -3.12. The first-order valence-corrected chi connectivity index (χ1v) is 13.2. The first-order valence-electron chi connectivity index (χ1n) is 11.3. The van der Waals surface area contributed by atoms with Crippen molar-refractivity contribution in [3.63, 3.8) is 0 Å². The van der Waals surface area contributed by atoms with E-state index in [1.54, 1.807) is 24.3 Å². The number of hydrogen-bond donors (Lipinski definition) is 0. The molecule has 1 aliphatic rings. The van der Waals surface area contributed by atoms with E-state index in [4.69, 9.17) is 14.2 Å². The minimum absolute atomic E-state index is 0.0667. The molecule has 3 aromatic rings. The van der Waals surface area contributed by atoms with Gasteiger partial charge in [-0.05, 0) is 107 Å². The first kappa shape index (κ1) is 26.9. The fraction of sp³-hybridized carbons (Fsp3) is 0.185. The molecule has 6 nitrogen and oxygen atoms in total. The van der Waals surface area contributed by atoms with E-state index < -0.39 is 11.1 Å². The molecule has 0 bridgehead atoms. The zero-order valence-electron chi connectivity index (χ0n) is 19.7. The monoisotopic (exact) mass is 637 g/mol. The third-order valence-electron chi connectivity index (χ3n) is 5.20. The van der Waals surface area contributed by atoms with Crippen LogP contribution < -0.4 is 14.2 Å². The van der Waals surface area contributed by atoms with Crippen LogP contribution in [0.2, 0.25) is 0 Å². The van der Waals surface area contributed by atoms with Crippen LogP contribution in [0.1, 0.15) is 18.1 Å². The molecule has 0 spiro atoms. The fourth-order valence-electron chi connectivity index (χ4n) is 3.44. The summed E-state index contributed by atoms with van der Waals surface area (Å²) >= 11 is 2.97.